The summed E-state index contributed by atoms with van der Waals surface area (Å²) in [6.45, 7) is 4.26. The molecule has 3 rings (SSSR count). The van der Waals surface area contributed by atoms with Crippen molar-refractivity contribution in [2.24, 2.45) is 5.41 Å². The minimum absolute atomic E-state index is 0.176. The molecule has 4 nitrogen and oxygen atoms in total. The summed E-state index contributed by atoms with van der Waals surface area (Å²) in [6.07, 6.45) is 4.10. The molecule has 22 heavy (non-hydrogen) atoms. The Morgan fingerprint density at radius 2 is 1.86 bits per heavy atom. The van der Waals surface area contributed by atoms with Gasteiger partial charge in [-0.3, -0.25) is 9.59 Å². The maximum absolute atomic E-state index is 12.4. The zero-order chi connectivity index (χ0) is 15.6. The van der Waals surface area contributed by atoms with Gasteiger partial charge in [0, 0.05) is 19.6 Å². The highest BCUT2D eigenvalue weighted by Crippen LogP contribution is 2.38. The normalized spacial score (nSPS) is 20.8. The summed E-state index contributed by atoms with van der Waals surface area (Å²) in [5.41, 5.74) is 2.06. The number of likely N-dealkylation sites (tertiary alicyclic amines) is 1. The van der Waals surface area contributed by atoms with Crippen molar-refractivity contribution in [1.29, 1.82) is 0 Å². The molecule has 0 unspecified atom stereocenters. The standard InChI is InChI=1S/C18H24N2O2/c1-14-3-5-15(6-4-14)13-16(21)20-11-8-18(9-12-20)7-2-10-19-17(18)22/h3-6H,2,7-13H2,1H3,(H,19,22). The molecule has 4 heteroatoms. The highest BCUT2D eigenvalue weighted by atomic mass is 16.2. The predicted octanol–water partition coefficient (Wildman–Crippen LogP) is 2.06. The molecule has 0 saturated carbocycles. The van der Waals surface area contributed by atoms with Crippen molar-refractivity contribution >= 4 is 11.8 Å². The first-order valence-corrected chi connectivity index (χ1v) is 8.21. The van der Waals surface area contributed by atoms with Crippen LogP contribution in [-0.2, 0) is 16.0 Å². The van der Waals surface area contributed by atoms with Crippen molar-refractivity contribution in [3.8, 4) is 0 Å². The number of rotatable bonds is 2. The first kappa shape index (κ1) is 15.1. The summed E-state index contributed by atoms with van der Waals surface area (Å²) in [5, 5.41) is 2.99. The van der Waals surface area contributed by atoms with Crippen molar-refractivity contribution in [2.75, 3.05) is 19.6 Å². The Hall–Kier alpha value is -1.84. The van der Waals surface area contributed by atoms with E-state index in [2.05, 4.69) is 5.32 Å². The Morgan fingerprint density at radius 3 is 2.50 bits per heavy atom. The summed E-state index contributed by atoms with van der Waals surface area (Å²) in [5.74, 6) is 0.374. The van der Waals surface area contributed by atoms with Crippen molar-refractivity contribution < 1.29 is 9.59 Å². The molecule has 0 atom stereocenters. The van der Waals surface area contributed by atoms with Gasteiger partial charge in [0.25, 0.3) is 0 Å². The first-order valence-electron chi connectivity index (χ1n) is 8.21. The van der Waals surface area contributed by atoms with Gasteiger partial charge in [-0.25, -0.2) is 0 Å². The fourth-order valence-corrected chi connectivity index (χ4v) is 3.58. The minimum Gasteiger partial charge on any atom is -0.356 e. The van der Waals surface area contributed by atoms with Crippen molar-refractivity contribution in [3.05, 3.63) is 35.4 Å². The molecule has 2 heterocycles. The molecule has 1 spiro atoms. The fourth-order valence-electron chi connectivity index (χ4n) is 3.58. The molecule has 0 aromatic heterocycles. The predicted molar refractivity (Wildman–Crippen MR) is 85.4 cm³/mol. The van der Waals surface area contributed by atoms with Gasteiger partial charge in [0.15, 0.2) is 0 Å². The minimum atomic E-state index is -0.209. The van der Waals surface area contributed by atoms with E-state index < -0.39 is 0 Å². The Morgan fingerprint density at radius 1 is 1.18 bits per heavy atom. The molecule has 2 amide bonds. The van der Waals surface area contributed by atoms with Crippen LogP contribution in [0.5, 0.6) is 0 Å². The largest absolute Gasteiger partial charge is 0.356 e. The van der Waals surface area contributed by atoms with Crippen molar-refractivity contribution in [3.63, 3.8) is 0 Å². The van der Waals surface area contributed by atoms with Crippen LogP contribution in [-0.4, -0.2) is 36.3 Å². The highest BCUT2D eigenvalue weighted by Gasteiger charge is 2.43. The van der Waals surface area contributed by atoms with Crippen LogP contribution in [0.2, 0.25) is 0 Å². The van der Waals surface area contributed by atoms with Gasteiger partial charge in [-0.15, -0.1) is 0 Å². The van der Waals surface area contributed by atoms with Gasteiger partial charge in [0.2, 0.25) is 11.8 Å². The van der Waals surface area contributed by atoms with E-state index in [9.17, 15) is 9.59 Å². The molecule has 2 fully saturated rings. The van der Waals surface area contributed by atoms with Gasteiger partial charge in [-0.1, -0.05) is 29.8 Å². The average Bonchev–Trinajstić information content (AvgIpc) is 2.53. The molecular formula is C18H24N2O2. The topological polar surface area (TPSA) is 49.4 Å². The van der Waals surface area contributed by atoms with Crippen LogP contribution in [0.1, 0.15) is 36.8 Å². The van der Waals surface area contributed by atoms with Gasteiger partial charge in [0.1, 0.15) is 0 Å². The van der Waals surface area contributed by atoms with Crippen LogP contribution in [0.3, 0.4) is 0 Å². The molecular weight excluding hydrogens is 276 g/mol. The Bertz CT molecular complexity index is 557. The molecule has 2 aliphatic heterocycles. The van der Waals surface area contributed by atoms with Gasteiger partial charge in [0.05, 0.1) is 11.8 Å². The second-order valence-electron chi connectivity index (χ2n) is 6.68. The lowest BCUT2D eigenvalue weighted by Crippen LogP contribution is -2.53. The van der Waals surface area contributed by atoms with Crippen molar-refractivity contribution in [2.45, 2.75) is 39.0 Å². The summed E-state index contributed by atoms with van der Waals surface area (Å²) in [6, 6.07) is 8.13. The van der Waals surface area contributed by atoms with Gasteiger partial charge >= 0.3 is 0 Å². The molecule has 1 aromatic carbocycles. The third-order valence-electron chi connectivity index (χ3n) is 5.15. The summed E-state index contributed by atoms with van der Waals surface area (Å²) in [7, 11) is 0. The van der Waals surface area contributed by atoms with Crippen LogP contribution in [0, 0.1) is 12.3 Å². The Balaban J connectivity index is 1.57. The lowest BCUT2D eigenvalue weighted by Gasteiger charge is -2.42. The van der Waals surface area contributed by atoms with E-state index in [0.29, 0.717) is 19.5 Å². The van der Waals surface area contributed by atoms with Gasteiger partial charge < -0.3 is 10.2 Å². The average molecular weight is 300 g/mol. The number of carbonyl (C=O) groups is 2. The van der Waals surface area contributed by atoms with E-state index in [4.69, 9.17) is 0 Å². The van der Waals surface area contributed by atoms with E-state index in [1.54, 1.807) is 0 Å². The van der Waals surface area contributed by atoms with Crippen LogP contribution in [0.4, 0.5) is 0 Å². The number of nitrogens with zero attached hydrogens (tertiary/aromatic N) is 1. The monoisotopic (exact) mass is 300 g/mol. The molecule has 1 aromatic rings. The second-order valence-corrected chi connectivity index (χ2v) is 6.68. The molecule has 0 bridgehead atoms. The third-order valence-corrected chi connectivity index (χ3v) is 5.15. The summed E-state index contributed by atoms with van der Waals surface area (Å²) < 4.78 is 0. The molecule has 2 aliphatic rings. The fraction of sp³-hybridized carbons (Fsp3) is 0.556. The Kier molecular flexibility index (Phi) is 4.19. The molecule has 1 N–H and O–H groups in total. The number of benzene rings is 1. The lowest BCUT2D eigenvalue weighted by atomic mass is 9.72. The van der Waals surface area contributed by atoms with E-state index in [0.717, 1.165) is 37.8 Å². The third kappa shape index (κ3) is 3.01. The van der Waals surface area contributed by atoms with E-state index in [1.807, 2.05) is 36.1 Å². The summed E-state index contributed by atoms with van der Waals surface area (Å²) in [4.78, 5) is 26.5. The number of piperidine rings is 2. The quantitative estimate of drug-likeness (QED) is 0.909. The van der Waals surface area contributed by atoms with Crippen LogP contribution < -0.4 is 5.32 Å². The first-order chi connectivity index (χ1) is 10.6. The maximum Gasteiger partial charge on any atom is 0.226 e. The molecule has 0 aliphatic carbocycles. The zero-order valence-electron chi connectivity index (χ0n) is 13.2. The smallest absolute Gasteiger partial charge is 0.226 e. The number of hydrogen-bond acceptors (Lipinski definition) is 2. The lowest BCUT2D eigenvalue weighted by molar-refractivity contribution is -0.142. The molecule has 0 radical (unpaired) electrons. The SMILES string of the molecule is Cc1ccc(CC(=O)N2CCC3(CCCNC3=O)CC2)cc1. The summed E-state index contributed by atoms with van der Waals surface area (Å²) >= 11 is 0. The zero-order valence-corrected chi connectivity index (χ0v) is 13.2. The second kappa shape index (κ2) is 6.11. The number of hydrogen-bond donors (Lipinski definition) is 1. The van der Waals surface area contributed by atoms with Gasteiger partial charge in [-0.2, -0.15) is 0 Å². The maximum atomic E-state index is 12.4. The number of amides is 2. The molecule has 118 valence electrons. The number of carbonyl (C=O) groups excluding carboxylic acids is 2. The molecule has 2 saturated heterocycles. The van der Waals surface area contributed by atoms with E-state index in [1.165, 1.54) is 5.56 Å². The van der Waals surface area contributed by atoms with E-state index >= 15 is 0 Å². The number of nitrogens with one attached hydrogen (secondary N) is 1. The van der Waals surface area contributed by atoms with Crippen LogP contribution in [0.15, 0.2) is 24.3 Å². The number of aryl methyl sites for hydroxylation is 1. The van der Waals surface area contributed by atoms with Crippen molar-refractivity contribution in [1.82, 2.24) is 10.2 Å². The van der Waals surface area contributed by atoms with Crippen LogP contribution in [0.25, 0.3) is 0 Å². The van der Waals surface area contributed by atoms with Gasteiger partial charge in [-0.05, 0) is 38.2 Å². The Labute approximate surface area is 131 Å². The highest BCUT2D eigenvalue weighted by molar-refractivity contribution is 5.84. The van der Waals surface area contributed by atoms with E-state index in [-0.39, 0.29) is 17.2 Å². The van der Waals surface area contributed by atoms with Crippen LogP contribution >= 0.6 is 0 Å².